The highest BCUT2D eigenvalue weighted by Crippen LogP contribution is 2.33. The molecule has 24 heavy (non-hydrogen) atoms. The smallest absolute Gasteiger partial charge is 0.306 e. The van der Waals surface area contributed by atoms with Crippen LogP contribution < -0.4 is 0 Å². The number of rotatable bonds is 3. The topological polar surface area (TPSA) is 50.2 Å². The van der Waals surface area contributed by atoms with Gasteiger partial charge in [0, 0.05) is 17.1 Å². The fraction of sp³-hybridized carbons (Fsp3) is 0.118. The number of halogens is 3. The fourth-order valence-corrected chi connectivity index (χ4v) is 3.02. The minimum Gasteiger partial charge on any atom is -0.306 e. The average molecular weight is 351 g/mol. The van der Waals surface area contributed by atoms with Crippen molar-refractivity contribution in [3.8, 4) is 11.1 Å². The van der Waals surface area contributed by atoms with Gasteiger partial charge < -0.3 is 4.55 Å². The molecule has 0 aliphatic carbocycles. The minimum absolute atomic E-state index is 0.103. The third-order valence-corrected chi connectivity index (χ3v) is 4.18. The summed E-state index contributed by atoms with van der Waals surface area (Å²) in [7, 11) is 0. The van der Waals surface area contributed by atoms with Gasteiger partial charge in [0.1, 0.15) is 0 Å². The van der Waals surface area contributed by atoms with Gasteiger partial charge in [-0.15, -0.1) is 0 Å². The van der Waals surface area contributed by atoms with Crippen LogP contribution in [0.5, 0.6) is 0 Å². The number of hydrogen-bond acceptors (Lipinski definition) is 2. The van der Waals surface area contributed by atoms with E-state index in [1.165, 1.54) is 18.3 Å². The van der Waals surface area contributed by atoms with E-state index < -0.39 is 22.8 Å². The summed E-state index contributed by atoms with van der Waals surface area (Å²) in [4.78, 5) is 4.22. The van der Waals surface area contributed by atoms with Gasteiger partial charge >= 0.3 is 6.18 Å². The zero-order chi connectivity index (χ0) is 17.3. The summed E-state index contributed by atoms with van der Waals surface area (Å²) in [6.07, 6.45) is -2.86. The van der Waals surface area contributed by atoms with Crippen LogP contribution in [-0.4, -0.2) is 13.7 Å². The number of fused-ring (bicyclic) bond motifs is 1. The zero-order valence-corrected chi connectivity index (χ0v) is 13.1. The van der Waals surface area contributed by atoms with Gasteiger partial charge in [0.2, 0.25) is 0 Å². The number of benzene rings is 2. The first-order valence-electron chi connectivity index (χ1n) is 6.98. The number of hydrogen-bond donors (Lipinski definition) is 1. The van der Waals surface area contributed by atoms with Crippen molar-refractivity contribution in [3.63, 3.8) is 0 Å². The molecule has 0 bridgehead atoms. The van der Waals surface area contributed by atoms with E-state index >= 15 is 0 Å². The quantitative estimate of drug-likeness (QED) is 0.699. The molecule has 0 radical (unpaired) electrons. The highest BCUT2D eigenvalue weighted by molar-refractivity contribution is 7.78. The van der Waals surface area contributed by atoms with Crippen molar-refractivity contribution in [2.24, 2.45) is 0 Å². The van der Waals surface area contributed by atoms with E-state index in [-0.39, 0.29) is 5.75 Å². The van der Waals surface area contributed by atoms with Gasteiger partial charge in [0.15, 0.2) is 11.1 Å². The normalized spacial score (nSPS) is 13.2. The minimum atomic E-state index is -4.38. The van der Waals surface area contributed by atoms with Crippen LogP contribution in [0.25, 0.3) is 21.9 Å². The molecule has 0 fully saturated rings. The molecule has 0 amide bonds. The molecule has 1 aromatic heterocycles. The molecule has 7 heteroatoms. The van der Waals surface area contributed by atoms with Gasteiger partial charge in [-0.25, -0.2) is 4.21 Å². The van der Waals surface area contributed by atoms with Crippen molar-refractivity contribution in [2.75, 3.05) is 0 Å². The monoisotopic (exact) mass is 351 g/mol. The van der Waals surface area contributed by atoms with Crippen molar-refractivity contribution in [1.29, 1.82) is 0 Å². The highest BCUT2D eigenvalue weighted by atomic mass is 32.2. The van der Waals surface area contributed by atoms with Gasteiger partial charge in [-0.05, 0) is 23.1 Å². The summed E-state index contributed by atoms with van der Waals surface area (Å²) in [5.74, 6) is -0.103. The molecular formula is C17H12F3NO2S. The summed E-state index contributed by atoms with van der Waals surface area (Å²) in [5.41, 5.74) is 1.04. The Bertz CT molecular complexity index is 908. The van der Waals surface area contributed by atoms with Gasteiger partial charge in [-0.1, -0.05) is 36.4 Å². The standard InChI is InChI=1S/C17H12F3NO2S/c18-17(19,20)12-7-5-11(6-8-12)15-9-21-16(10-24(22)23)14-4-2-1-3-13(14)15/h1-9H,10H2,(H,22,23). The molecule has 1 heterocycles. The van der Waals surface area contributed by atoms with E-state index in [4.69, 9.17) is 4.55 Å². The van der Waals surface area contributed by atoms with E-state index in [1.54, 1.807) is 18.2 Å². The predicted molar refractivity (Wildman–Crippen MR) is 86.7 cm³/mol. The second kappa shape index (κ2) is 6.33. The fourth-order valence-electron chi connectivity index (χ4n) is 2.55. The van der Waals surface area contributed by atoms with Crippen LogP contribution in [0.15, 0.2) is 54.7 Å². The van der Waals surface area contributed by atoms with Crippen LogP contribution in [0.4, 0.5) is 13.2 Å². The van der Waals surface area contributed by atoms with Gasteiger partial charge in [0.05, 0.1) is 17.0 Å². The van der Waals surface area contributed by atoms with Crippen molar-refractivity contribution >= 4 is 21.9 Å². The van der Waals surface area contributed by atoms with Crippen LogP contribution in [0.3, 0.4) is 0 Å². The molecule has 3 rings (SSSR count). The van der Waals surface area contributed by atoms with E-state index in [0.717, 1.165) is 17.5 Å². The van der Waals surface area contributed by atoms with Crippen LogP contribution >= 0.6 is 0 Å². The Kier molecular flexibility index (Phi) is 4.38. The van der Waals surface area contributed by atoms with E-state index in [9.17, 15) is 17.4 Å². The third-order valence-electron chi connectivity index (χ3n) is 3.66. The Balaban J connectivity index is 2.12. The largest absolute Gasteiger partial charge is 0.416 e. The number of alkyl halides is 3. The molecule has 1 atom stereocenters. The van der Waals surface area contributed by atoms with Crippen LogP contribution in [0.2, 0.25) is 0 Å². The Labute approximate surface area is 138 Å². The molecule has 1 unspecified atom stereocenters. The summed E-state index contributed by atoms with van der Waals surface area (Å²) in [5, 5.41) is 1.48. The molecule has 0 aliphatic heterocycles. The second-order valence-electron chi connectivity index (χ2n) is 5.21. The van der Waals surface area contributed by atoms with Gasteiger partial charge in [-0.2, -0.15) is 13.2 Å². The number of pyridine rings is 1. The lowest BCUT2D eigenvalue weighted by Crippen LogP contribution is -2.04. The van der Waals surface area contributed by atoms with Crippen molar-refractivity contribution in [3.05, 3.63) is 66.0 Å². The van der Waals surface area contributed by atoms with Crippen molar-refractivity contribution in [2.45, 2.75) is 11.9 Å². The molecule has 1 N–H and O–H groups in total. The van der Waals surface area contributed by atoms with Crippen molar-refractivity contribution < 1.29 is 21.9 Å². The van der Waals surface area contributed by atoms with E-state index in [0.29, 0.717) is 22.2 Å². The molecule has 0 saturated carbocycles. The first-order valence-corrected chi connectivity index (χ1v) is 8.25. The Morgan fingerprint density at radius 3 is 2.21 bits per heavy atom. The number of aromatic nitrogens is 1. The van der Waals surface area contributed by atoms with Crippen LogP contribution in [-0.2, 0) is 23.0 Å². The summed E-state index contributed by atoms with van der Waals surface area (Å²) < 4.78 is 58.2. The lowest BCUT2D eigenvalue weighted by atomic mass is 9.98. The second-order valence-corrected chi connectivity index (χ2v) is 6.14. The molecule has 0 saturated heterocycles. The van der Waals surface area contributed by atoms with E-state index in [1.807, 2.05) is 6.07 Å². The van der Waals surface area contributed by atoms with E-state index in [2.05, 4.69) is 4.98 Å². The molecular weight excluding hydrogens is 339 g/mol. The zero-order valence-electron chi connectivity index (χ0n) is 12.2. The van der Waals surface area contributed by atoms with Gasteiger partial charge in [0.25, 0.3) is 0 Å². The molecule has 0 aliphatic rings. The molecule has 124 valence electrons. The van der Waals surface area contributed by atoms with Crippen LogP contribution in [0, 0.1) is 0 Å². The van der Waals surface area contributed by atoms with Crippen LogP contribution in [0.1, 0.15) is 11.3 Å². The third kappa shape index (κ3) is 3.32. The first-order chi connectivity index (χ1) is 11.4. The maximum absolute atomic E-state index is 12.7. The maximum Gasteiger partial charge on any atom is 0.416 e. The molecule has 2 aromatic carbocycles. The molecule has 3 nitrogen and oxygen atoms in total. The SMILES string of the molecule is O=S(O)Cc1ncc(-c2ccc(C(F)(F)F)cc2)c2ccccc12. The highest BCUT2D eigenvalue weighted by Gasteiger charge is 2.30. The average Bonchev–Trinajstić information content (AvgIpc) is 2.54. The Morgan fingerprint density at radius 2 is 1.62 bits per heavy atom. The lowest BCUT2D eigenvalue weighted by molar-refractivity contribution is -0.137. The Hall–Kier alpha value is -2.25. The van der Waals surface area contributed by atoms with Crippen molar-refractivity contribution in [1.82, 2.24) is 4.98 Å². The Morgan fingerprint density at radius 1 is 1.00 bits per heavy atom. The molecule has 3 aromatic rings. The summed E-state index contributed by atoms with van der Waals surface area (Å²) in [6, 6.07) is 12.0. The summed E-state index contributed by atoms with van der Waals surface area (Å²) in [6.45, 7) is 0. The number of nitrogens with zero attached hydrogens (tertiary/aromatic N) is 1. The summed E-state index contributed by atoms with van der Waals surface area (Å²) >= 11 is -2.02. The first kappa shape index (κ1) is 16.6. The maximum atomic E-state index is 12.7. The predicted octanol–water partition coefficient (Wildman–Crippen LogP) is 4.64. The lowest BCUT2D eigenvalue weighted by Gasteiger charge is -2.11. The van der Waals surface area contributed by atoms with Gasteiger partial charge in [-0.3, -0.25) is 4.98 Å². The molecule has 0 spiro atoms.